The minimum atomic E-state index is -4.83. The molecule has 2 bridgehead atoms. The number of morpholine rings is 1. The molecule has 2 unspecified atom stereocenters. The zero-order chi connectivity index (χ0) is 27.4. The summed E-state index contributed by atoms with van der Waals surface area (Å²) in [6.07, 6.45) is -5.22. The summed E-state index contributed by atoms with van der Waals surface area (Å²) in [4.78, 5) is 15.0. The maximum atomic E-state index is 13.8. The minimum absolute atomic E-state index is 0.0953. The van der Waals surface area contributed by atoms with Gasteiger partial charge >= 0.3 is 12.3 Å². The van der Waals surface area contributed by atoms with Crippen molar-refractivity contribution in [3.63, 3.8) is 0 Å². The number of aliphatic hydroxyl groups is 1. The van der Waals surface area contributed by atoms with E-state index >= 15 is 0 Å². The van der Waals surface area contributed by atoms with Crippen LogP contribution in [0.15, 0.2) is 66.7 Å². The highest BCUT2D eigenvalue weighted by molar-refractivity contribution is 5.79. The first-order valence-electron chi connectivity index (χ1n) is 12.9. The third kappa shape index (κ3) is 4.78. The molecule has 3 aliphatic rings. The van der Waals surface area contributed by atoms with Gasteiger partial charge in [-0.3, -0.25) is 4.90 Å². The van der Waals surface area contributed by atoms with Crippen molar-refractivity contribution < 1.29 is 36.9 Å². The van der Waals surface area contributed by atoms with Gasteiger partial charge < -0.3 is 14.6 Å². The fraction of sp³-hybridized carbons (Fsp3) is 0.367. The van der Waals surface area contributed by atoms with Gasteiger partial charge in [0, 0.05) is 12.3 Å². The maximum Gasteiger partial charge on any atom is 0.419 e. The second kappa shape index (κ2) is 9.64. The molecule has 1 aliphatic carbocycles. The van der Waals surface area contributed by atoms with Crippen molar-refractivity contribution in [2.24, 2.45) is 0 Å². The van der Waals surface area contributed by atoms with Crippen LogP contribution < -0.4 is 0 Å². The van der Waals surface area contributed by atoms with E-state index in [-0.39, 0.29) is 50.6 Å². The highest BCUT2D eigenvalue weighted by Crippen LogP contribution is 2.45. The normalized spacial score (nSPS) is 24.3. The van der Waals surface area contributed by atoms with Gasteiger partial charge in [0.15, 0.2) is 0 Å². The summed E-state index contributed by atoms with van der Waals surface area (Å²) in [5.41, 5.74) is 1.89. The predicted molar refractivity (Wildman–Crippen MR) is 135 cm³/mol. The van der Waals surface area contributed by atoms with Gasteiger partial charge in [0.2, 0.25) is 0 Å². The van der Waals surface area contributed by atoms with E-state index in [4.69, 9.17) is 9.47 Å². The van der Waals surface area contributed by atoms with E-state index in [9.17, 15) is 27.5 Å². The highest BCUT2D eigenvalue weighted by Gasteiger charge is 2.49. The van der Waals surface area contributed by atoms with Crippen molar-refractivity contribution in [3.05, 3.63) is 94.8 Å². The number of hydrogen-bond donors (Lipinski definition) is 1. The van der Waals surface area contributed by atoms with E-state index in [2.05, 4.69) is 12.1 Å². The maximum absolute atomic E-state index is 13.8. The number of hydrogen-bond acceptors (Lipinski definition) is 4. The number of alkyl halides is 3. The number of ether oxygens (including phenoxy) is 2. The Labute approximate surface area is 223 Å². The molecule has 9 heteroatoms. The van der Waals surface area contributed by atoms with Crippen LogP contribution in [0.1, 0.15) is 41.0 Å². The lowest BCUT2D eigenvalue weighted by molar-refractivity contribution is -0.140. The second-order valence-electron chi connectivity index (χ2n) is 10.7. The number of carbonyl (C=O) groups excluding carboxylic acids is 1. The molecule has 2 saturated heterocycles. The Morgan fingerprint density at radius 1 is 0.974 bits per heavy atom. The summed E-state index contributed by atoms with van der Waals surface area (Å²) >= 11 is 0. The molecule has 39 heavy (non-hydrogen) atoms. The number of benzene rings is 3. The molecule has 204 valence electrons. The van der Waals surface area contributed by atoms with Crippen LogP contribution in [0.5, 0.6) is 0 Å². The third-order valence-electron chi connectivity index (χ3n) is 8.05. The fourth-order valence-electron chi connectivity index (χ4n) is 6.46. The van der Waals surface area contributed by atoms with Crippen LogP contribution in [0.4, 0.5) is 22.4 Å². The number of piperidine rings is 1. The Balaban J connectivity index is 1.16. The summed E-state index contributed by atoms with van der Waals surface area (Å²) in [7, 11) is 0. The highest BCUT2D eigenvalue weighted by atomic mass is 19.4. The van der Waals surface area contributed by atoms with Crippen LogP contribution in [0, 0.1) is 5.82 Å². The Morgan fingerprint density at radius 2 is 1.56 bits per heavy atom. The molecule has 0 saturated carbocycles. The first kappa shape index (κ1) is 25.8. The zero-order valence-electron chi connectivity index (χ0n) is 21.0. The summed E-state index contributed by atoms with van der Waals surface area (Å²) in [5.74, 6) is -1.45. The quantitative estimate of drug-likeness (QED) is 0.416. The average molecular weight is 542 g/mol. The third-order valence-corrected chi connectivity index (χ3v) is 8.05. The molecule has 2 atom stereocenters. The molecule has 3 aromatic carbocycles. The Kier molecular flexibility index (Phi) is 6.38. The van der Waals surface area contributed by atoms with Crippen LogP contribution >= 0.6 is 0 Å². The Bertz CT molecular complexity index is 1350. The van der Waals surface area contributed by atoms with Gasteiger partial charge in [-0.1, -0.05) is 54.6 Å². The number of nitrogens with zero attached hydrogens (tertiary/aromatic N) is 1. The molecule has 2 aliphatic heterocycles. The molecule has 0 aromatic heterocycles. The lowest BCUT2D eigenvalue weighted by Gasteiger charge is -2.51. The average Bonchev–Trinajstić information content (AvgIpc) is 3.21. The van der Waals surface area contributed by atoms with Crippen molar-refractivity contribution in [2.45, 2.75) is 49.0 Å². The summed E-state index contributed by atoms with van der Waals surface area (Å²) in [6.45, 7) is 0.518. The van der Waals surface area contributed by atoms with Crippen molar-refractivity contribution >= 4 is 6.09 Å². The van der Waals surface area contributed by atoms with Crippen molar-refractivity contribution in [3.8, 4) is 11.1 Å². The number of fused-ring (bicyclic) bond motifs is 5. The molecule has 1 N–H and O–H groups in total. The predicted octanol–water partition coefficient (Wildman–Crippen LogP) is 5.93. The molecule has 1 amide bonds. The number of rotatable bonds is 4. The van der Waals surface area contributed by atoms with E-state index in [0.717, 1.165) is 34.4 Å². The van der Waals surface area contributed by atoms with Gasteiger partial charge in [-0.25, -0.2) is 9.18 Å². The molecular weight excluding hydrogens is 514 g/mol. The molecule has 0 radical (unpaired) electrons. The van der Waals surface area contributed by atoms with Crippen LogP contribution in [-0.4, -0.2) is 53.6 Å². The van der Waals surface area contributed by atoms with Crippen LogP contribution in [0.3, 0.4) is 0 Å². The minimum Gasteiger partial charge on any atom is -0.448 e. The molecule has 0 spiro atoms. The van der Waals surface area contributed by atoms with Gasteiger partial charge in [0.25, 0.3) is 0 Å². The van der Waals surface area contributed by atoms with Gasteiger partial charge in [-0.15, -0.1) is 0 Å². The SMILES string of the molecule is O=C(OCC1c2ccccc2-c2ccccc21)N1C2COCC1CC(O)(Cc1ccc(F)c(C(F)(F)F)c1)C2. The van der Waals surface area contributed by atoms with Crippen molar-refractivity contribution in [1.82, 2.24) is 4.90 Å². The van der Waals surface area contributed by atoms with Gasteiger partial charge in [0.1, 0.15) is 12.4 Å². The van der Waals surface area contributed by atoms with Gasteiger partial charge in [0.05, 0.1) is 36.5 Å². The Hall–Kier alpha value is -3.43. The molecule has 2 heterocycles. The molecule has 6 rings (SSSR count). The second-order valence-corrected chi connectivity index (χ2v) is 10.7. The van der Waals surface area contributed by atoms with Crippen LogP contribution in [-0.2, 0) is 22.1 Å². The van der Waals surface area contributed by atoms with Crippen LogP contribution in [0.25, 0.3) is 11.1 Å². The van der Waals surface area contributed by atoms with Gasteiger partial charge in [-0.2, -0.15) is 13.2 Å². The number of halogens is 4. The van der Waals surface area contributed by atoms with E-state index in [1.54, 1.807) is 4.90 Å². The lowest BCUT2D eigenvalue weighted by Crippen LogP contribution is -2.64. The van der Waals surface area contributed by atoms with Crippen LogP contribution in [0.2, 0.25) is 0 Å². The standard InChI is InChI=1S/C30H27F4NO4/c31-27-10-9-18(11-26(27)30(32,33)34)12-29(37)13-19-15-38-16-20(14-29)35(19)28(36)39-17-25-23-7-3-1-5-21(23)22-6-2-4-8-24(22)25/h1-11,19-20,25,37H,12-17H2. The van der Waals surface area contributed by atoms with E-state index in [1.807, 2.05) is 36.4 Å². The molecule has 5 nitrogen and oxygen atoms in total. The van der Waals surface area contributed by atoms with E-state index < -0.39 is 41.3 Å². The summed E-state index contributed by atoms with van der Waals surface area (Å²) in [5, 5.41) is 11.4. The van der Waals surface area contributed by atoms with E-state index in [1.165, 1.54) is 6.07 Å². The fourth-order valence-corrected chi connectivity index (χ4v) is 6.46. The van der Waals surface area contributed by atoms with Gasteiger partial charge in [-0.05, 0) is 52.8 Å². The molecule has 3 aromatic rings. The summed E-state index contributed by atoms with van der Waals surface area (Å²) < 4.78 is 64.9. The Morgan fingerprint density at radius 3 is 2.15 bits per heavy atom. The van der Waals surface area contributed by atoms with Crippen molar-refractivity contribution in [2.75, 3.05) is 19.8 Å². The number of amides is 1. The molecule has 2 fully saturated rings. The van der Waals surface area contributed by atoms with E-state index in [0.29, 0.717) is 0 Å². The first-order valence-corrected chi connectivity index (χ1v) is 12.9. The largest absolute Gasteiger partial charge is 0.448 e. The monoisotopic (exact) mass is 541 g/mol. The molecular formula is C30H27F4NO4. The topological polar surface area (TPSA) is 59.0 Å². The smallest absolute Gasteiger partial charge is 0.419 e. The van der Waals surface area contributed by atoms with Crippen molar-refractivity contribution in [1.29, 1.82) is 0 Å². The zero-order valence-corrected chi connectivity index (χ0v) is 21.0. The summed E-state index contributed by atoms with van der Waals surface area (Å²) in [6, 6.07) is 17.9. The first-order chi connectivity index (χ1) is 18.6. The lowest BCUT2D eigenvalue weighted by atomic mass is 9.77. The number of carbonyl (C=O) groups is 1.